The van der Waals surface area contributed by atoms with Crippen molar-refractivity contribution in [1.82, 2.24) is 5.32 Å². The minimum atomic E-state index is -0.650. The SMILES string of the molecule is Cc1ccc(N2CCC(C(=O)NCc3ccccc3CO)C2=O)cc1. The van der Waals surface area contributed by atoms with Gasteiger partial charge in [-0.25, -0.2) is 0 Å². The summed E-state index contributed by atoms with van der Waals surface area (Å²) in [6.07, 6.45) is 0.514. The third-order valence-electron chi connectivity index (χ3n) is 4.61. The molecule has 0 aliphatic carbocycles. The van der Waals surface area contributed by atoms with Crippen LogP contribution in [0.1, 0.15) is 23.1 Å². The fraction of sp³-hybridized carbons (Fsp3) is 0.300. The molecule has 1 unspecified atom stereocenters. The Morgan fingerprint density at radius 3 is 2.52 bits per heavy atom. The van der Waals surface area contributed by atoms with Crippen LogP contribution < -0.4 is 10.2 Å². The number of aryl methyl sites for hydroxylation is 1. The zero-order chi connectivity index (χ0) is 17.8. The molecule has 25 heavy (non-hydrogen) atoms. The predicted molar refractivity (Wildman–Crippen MR) is 95.9 cm³/mol. The molecule has 2 amide bonds. The molecule has 5 heteroatoms. The van der Waals surface area contributed by atoms with Crippen LogP contribution in [0.4, 0.5) is 5.69 Å². The van der Waals surface area contributed by atoms with E-state index in [1.165, 1.54) is 0 Å². The average molecular weight is 338 g/mol. The highest BCUT2D eigenvalue weighted by atomic mass is 16.3. The molecule has 1 saturated heterocycles. The smallest absolute Gasteiger partial charge is 0.239 e. The predicted octanol–water partition coefficient (Wildman–Crippen LogP) is 2.16. The van der Waals surface area contributed by atoms with Crippen LogP contribution in [0.3, 0.4) is 0 Å². The van der Waals surface area contributed by atoms with Gasteiger partial charge in [0.1, 0.15) is 5.92 Å². The maximum absolute atomic E-state index is 12.6. The summed E-state index contributed by atoms with van der Waals surface area (Å²) in [5, 5.41) is 12.2. The molecule has 5 nitrogen and oxygen atoms in total. The van der Waals surface area contributed by atoms with E-state index < -0.39 is 5.92 Å². The van der Waals surface area contributed by atoms with E-state index in [9.17, 15) is 14.7 Å². The monoisotopic (exact) mass is 338 g/mol. The molecule has 2 N–H and O–H groups in total. The molecule has 0 aromatic heterocycles. The first kappa shape index (κ1) is 17.2. The molecule has 1 atom stereocenters. The average Bonchev–Trinajstić information content (AvgIpc) is 3.02. The lowest BCUT2D eigenvalue weighted by molar-refractivity contribution is -0.132. The number of carbonyl (C=O) groups is 2. The fourth-order valence-corrected chi connectivity index (χ4v) is 3.09. The normalized spacial score (nSPS) is 17.0. The van der Waals surface area contributed by atoms with Crippen LogP contribution in [0.5, 0.6) is 0 Å². The second-order valence-corrected chi connectivity index (χ2v) is 6.31. The van der Waals surface area contributed by atoms with E-state index in [1.807, 2.05) is 55.5 Å². The summed E-state index contributed by atoms with van der Waals surface area (Å²) >= 11 is 0. The van der Waals surface area contributed by atoms with Gasteiger partial charge in [0.05, 0.1) is 6.61 Å². The number of carbonyl (C=O) groups excluding carboxylic acids is 2. The van der Waals surface area contributed by atoms with Crippen LogP contribution in [0.2, 0.25) is 0 Å². The number of anilines is 1. The third kappa shape index (κ3) is 3.72. The van der Waals surface area contributed by atoms with Crippen molar-refractivity contribution in [3.63, 3.8) is 0 Å². The molecule has 2 aromatic rings. The van der Waals surface area contributed by atoms with E-state index in [2.05, 4.69) is 5.32 Å². The molecule has 130 valence electrons. The van der Waals surface area contributed by atoms with Gasteiger partial charge >= 0.3 is 0 Å². The summed E-state index contributed by atoms with van der Waals surface area (Å²) in [5.41, 5.74) is 3.60. The highest BCUT2D eigenvalue weighted by molar-refractivity contribution is 6.09. The molecule has 0 spiro atoms. The number of aliphatic hydroxyl groups is 1. The summed E-state index contributed by atoms with van der Waals surface area (Å²) in [5.74, 6) is -1.06. The maximum atomic E-state index is 12.6. The lowest BCUT2D eigenvalue weighted by atomic mass is 10.1. The number of nitrogens with one attached hydrogen (secondary N) is 1. The molecular weight excluding hydrogens is 316 g/mol. The van der Waals surface area contributed by atoms with Crippen LogP contribution >= 0.6 is 0 Å². The summed E-state index contributed by atoms with van der Waals surface area (Å²) in [4.78, 5) is 26.7. The van der Waals surface area contributed by atoms with E-state index in [1.54, 1.807) is 4.90 Å². The Bertz CT molecular complexity index is 771. The molecule has 0 radical (unpaired) electrons. The minimum absolute atomic E-state index is 0.0738. The van der Waals surface area contributed by atoms with Gasteiger partial charge in [0, 0.05) is 18.8 Å². The summed E-state index contributed by atoms with van der Waals surface area (Å²) in [6.45, 7) is 2.78. The molecule has 1 fully saturated rings. The van der Waals surface area contributed by atoms with Gasteiger partial charge in [-0.1, -0.05) is 42.0 Å². The first-order valence-electron chi connectivity index (χ1n) is 8.43. The Labute approximate surface area is 147 Å². The number of nitrogens with zero attached hydrogens (tertiary/aromatic N) is 1. The minimum Gasteiger partial charge on any atom is -0.392 e. The van der Waals surface area contributed by atoms with Gasteiger partial charge in [0.2, 0.25) is 11.8 Å². The third-order valence-corrected chi connectivity index (χ3v) is 4.61. The van der Waals surface area contributed by atoms with Crippen LogP contribution in [0.15, 0.2) is 48.5 Å². The zero-order valence-electron chi connectivity index (χ0n) is 14.2. The quantitative estimate of drug-likeness (QED) is 0.821. The highest BCUT2D eigenvalue weighted by Gasteiger charge is 2.37. The van der Waals surface area contributed by atoms with Gasteiger partial charge < -0.3 is 15.3 Å². The van der Waals surface area contributed by atoms with Gasteiger partial charge in [-0.3, -0.25) is 9.59 Å². The topological polar surface area (TPSA) is 69.6 Å². The van der Waals surface area contributed by atoms with Crippen LogP contribution in [0.25, 0.3) is 0 Å². The van der Waals surface area contributed by atoms with Gasteiger partial charge in [0.25, 0.3) is 0 Å². The number of rotatable bonds is 5. The van der Waals surface area contributed by atoms with Crippen molar-refractivity contribution in [2.75, 3.05) is 11.4 Å². The van der Waals surface area contributed by atoms with Gasteiger partial charge in [-0.2, -0.15) is 0 Å². The van der Waals surface area contributed by atoms with Gasteiger partial charge in [0.15, 0.2) is 0 Å². The fourth-order valence-electron chi connectivity index (χ4n) is 3.09. The van der Waals surface area contributed by atoms with Crippen LogP contribution in [0, 0.1) is 12.8 Å². The molecule has 3 rings (SSSR count). The van der Waals surface area contributed by atoms with E-state index >= 15 is 0 Å². The van der Waals surface area contributed by atoms with E-state index in [0.717, 1.165) is 22.4 Å². The van der Waals surface area contributed by atoms with E-state index in [-0.39, 0.29) is 18.4 Å². The van der Waals surface area contributed by atoms with Gasteiger partial charge in [-0.05, 0) is 36.6 Å². The Morgan fingerprint density at radius 2 is 1.84 bits per heavy atom. The van der Waals surface area contributed by atoms with Crippen LogP contribution in [-0.2, 0) is 22.7 Å². The lowest BCUT2D eigenvalue weighted by Crippen LogP contribution is -2.36. The second-order valence-electron chi connectivity index (χ2n) is 6.31. The summed E-state index contributed by atoms with van der Waals surface area (Å²) in [7, 11) is 0. The van der Waals surface area contributed by atoms with E-state index in [4.69, 9.17) is 0 Å². The standard InChI is InChI=1S/C20H22N2O3/c1-14-6-8-17(9-7-14)22-11-10-18(20(22)25)19(24)21-12-15-4-2-3-5-16(15)13-23/h2-9,18,23H,10-13H2,1H3,(H,21,24). The first-order chi connectivity index (χ1) is 12.1. The van der Waals surface area contributed by atoms with Crippen molar-refractivity contribution in [3.8, 4) is 0 Å². The molecule has 0 bridgehead atoms. The van der Waals surface area contributed by atoms with Crippen molar-refractivity contribution in [1.29, 1.82) is 0 Å². The number of hydrogen-bond donors (Lipinski definition) is 2. The number of amides is 2. The molecule has 2 aromatic carbocycles. The Morgan fingerprint density at radius 1 is 1.16 bits per heavy atom. The highest BCUT2D eigenvalue weighted by Crippen LogP contribution is 2.25. The second kappa shape index (κ2) is 7.49. The van der Waals surface area contributed by atoms with Crippen molar-refractivity contribution in [3.05, 3.63) is 65.2 Å². The number of hydrogen-bond acceptors (Lipinski definition) is 3. The molecule has 0 saturated carbocycles. The number of benzene rings is 2. The molecule has 1 heterocycles. The van der Waals surface area contributed by atoms with Crippen molar-refractivity contribution >= 4 is 17.5 Å². The van der Waals surface area contributed by atoms with E-state index in [0.29, 0.717) is 19.5 Å². The zero-order valence-corrected chi connectivity index (χ0v) is 14.2. The summed E-state index contributed by atoms with van der Waals surface area (Å²) < 4.78 is 0. The molecule has 1 aliphatic heterocycles. The Hall–Kier alpha value is -2.66. The largest absolute Gasteiger partial charge is 0.392 e. The van der Waals surface area contributed by atoms with Crippen molar-refractivity contribution < 1.29 is 14.7 Å². The van der Waals surface area contributed by atoms with Crippen LogP contribution in [-0.4, -0.2) is 23.5 Å². The molecular formula is C20H22N2O3. The first-order valence-corrected chi connectivity index (χ1v) is 8.43. The molecule has 1 aliphatic rings. The summed E-state index contributed by atoms with van der Waals surface area (Å²) in [6, 6.07) is 15.1. The van der Waals surface area contributed by atoms with Crippen molar-refractivity contribution in [2.24, 2.45) is 5.92 Å². The van der Waals surface area contributed by atoms with Crippen molar-refractivity contribution in [2.45, 2.75) is 26.5 Å². The van der Waals surface area contributed by atoms with Gasteiger partial charge in [-0.15, -0.1) is 0 Å². The Kier molecular flexibility index (Phi) is 5.14. The number of aliphatic hydroxyl groups excluding tert-OH is 1. The lowest BCUT2D eigenvalue weighted by Gasteiger charge is -2.17. The Balaban J connectivity index is 1.63. The maximum Gasteiger partial charge on any atom is 0.239 e.